The Morgan fingerprint density at radius 1 is 1.03 bits per heavy atom. The fraction of sp³-hybridized carbons (Fsp3) is 0.241. The number of aryl methyl sites for hydroxylation is 1. The van der Waals surface area contributed by atoms with Crippen LogP contribution in [0.1, 0.15) is 34.0 Å². The second-order valence-electron chi connectivity index (χ2n) is 9.15. The quantitative estimate of drug-likeness (QED) is 0.238. The van der Waals surface area contributed by atoms with Crippen LogP contribution < -0.4 is 16.1 Å². The summed E-state index contributed by atoms with van der Waals surface area (Å²) >= 11 is 5.98. The highest BCUT2D eigenvalue weighted by Gasteiger charge is 2.24. The number of aromatic nitrogens is 1. The Morgan fingerprint density at radius 2 is 1.76 bits per heavy atom. The summed E-state index contributed by atoms with van der Waals surface area (Å²) in [7, 11) is 0. The van der Waals surface area contributed by atoms with Gasteiger partial charge in [-0.25, -0.2) is 8.78 Å². The van der Waals surface area contributed by atoms with Gasteiger partial charge in [0.15, 0.2) is 0 Å². The molecule has 0 spiro atoms. The van der Waals surface area contributed by atoms with Crippen LogP contribution in [0.15, 0.2) is 71.7 Å². The second-order valence-corrected chi connectivity index (χ2v) is 9.59. The first-order valence-corrected chi connectivity index (χ1v) is 12.6. The maximum Gasteiger partial charge on any atom is 0.257 e. The van der Waals surface area contributed by atoms with Crippen molar-refractivity contribution in [2.75, 3.05) is 6.54 Å². The van der Waals surface area contributed by atoms with Gasteiger partial charge in [-0.1, -0.05) is 42.8 Å². The van der Waals surface area contributed by atoms with E-state index < -0.39 is 35.1 Å². The van der Waals surface area contributed by atoms with Gasteiger partial charge < -0.3 is 20.7 Å². The van der Waals surface area contributed by atoms with Crippen LogP contribution in [0.5, 0.6) is 0 Å². The standard InChI is InChI=1S/C29H28ClF2N3O3/c1-2-17-4-3-5-18(8-17)14-33-16-27(36)26(11-19-9-21(31)13-22(32)10-19)35-29(38)24-15-34-25-12-20(30)6-7-23(25)28(24)37/h3-10,12-13,15,26-27,33,36H,2,11,14,16H2,1H3,(H,34,37)(H,35,38). The van der Waals surface area contributed by atoms with E-state index in [-0.39, 0.29) is 29.5 Å². The lowest BCUT2D eigenvalue weighted by Gasteiger charge is -2.25. The predicted molar refractivity (Wildman–Crippen MR) is 144 cm³/mol. The minimum atomic E-state index is -1.13. The molecular formula is C29H28ClF2N3O3. The molecule has 1 amide bonds. The van der Waals surface area contributed by atoms with Crippen LogP contribution in [0.4, 0.5) is 8.78 Å². The first kappa shape index (κ1) is 27.4. The molecule has 0 bridgehead atoms. The van der Waals surface area contributed by atoms with Gasteiger partial charge in [0, 0.05) is 35.8 Å². The number of aliphatic hydroxyl groups excluding tert-OH is 1. The van der Waals surface area contributed by atoms with Gasteiger partial charge in [0.05, 0.1) is 17.7 Å². The van der Waals surface area contributed by atoms with E-state index in [2.05, 4.69) is 28.6 Å². The molecule has 38 heavy (non-hydrogen) atoms. The van der Waals surface area contributed by atoms with Crippen molar-refractivity contribution >= 4 is 28.4 Å². The number of fused-ring (bicyclic) bond motifs is 1. The Morgan fingerprint density at radius 3 is 2.50 bits per heavy atom. The summed E-state index contributed by atoms with van der Waals surface area (Å²) in [5.74, 6) is -2.25. The Balaban J connectivity index is 1.53. The van der Waals surface area contributed by atoms with E-state index in [4.69, 9.17) is 11.6 Å². The first-order valence-electron chi connectivity index (χ1n) is 12.3. The first-order chi connectivity index (χ1) is 18.2. The van der Waals surface area contributed by atoms with Crippen LogP contribution >= 0.6 is 11.6 Å². The number of carbonyl (C=O) groups is 1. The number of halogens is 3. The monoisotopic (exact) mass is 539 g/mol. The normalized spacial score (nSPS) is 12.9. The Kier molecular flexibility index (Phi) is 8.89. The lowest BCUT2D eigenvalue weighted by molar-refractivity contribution is 0.0828. The zero-order chi connectivity index (χ0) is 27.2. The van der Waals surface area contributed by atoms with Crippen LogP contribution in [0.2, 0.25) is 5.02 Å². The van der Waals surface area contributed by atoms with Gasteiger partial charge in [-0.3, -0.25) is 9.59 Å². The number of amides is 1. The van der Waals surface area contributed by atoms with Gasteiger partial charge >= 0.3 is 0 Å². The van der Waals surface area contributed by atoms with Crippen LogP contribution in [-0.2, 0) is 19.4 Å². The van der Waals surface area contributed by atoms with Crippen LogP contribution in [0, 0.1) is 11.6 Å². The third-order valence-electron chi connectivity index (χ3n) is 6.33. The number of aromatic amines is 1. The highest BCUT2D eigenvalue weighted by Crippen LogP contribution is 2.16. The number of hydrogen-bond acceptors (Lipinski definition) is 4. The Hall–Kier alpha value is -3.59. The zero-order valence-electron chi connectivity index (χ0n) is 20.7. The molecule has 0 fully saturated rings. The number of hydrogen-bond donors (Lipinski definition) is 4. The van der Waals surface area contributed by atoms with Crippen LogP contribution in [-0.4, -0.2) is 34.7 Å². The fourth-order valence-corrected chi connectivity index (χ4v) is 4.51. The van der Waals surface area contributed by atoms with E-state index in [0.29, 0.717) is 17.1 Å². The lowest BCUT2D eigenvalue weighted by atomic mass is 10.00. The molecule has 3 aromatic carbocycles. The summed E-state index contributed by atoms with van der Waals surface area (Å²) in [5.41, 5.74) is 2.28. The molecule has 4 N–H and O–H groups in total. The molecule has 0 aliphatic carbocycles. The molecule has 1 heterocycles. The third-order valence-corrected chi connectivity index (χ3v) is 6.56. The number of pyridine rings is 1. The summed E-state index contributed by atoms with van der Waals surface area (Å²) in [6, 6.07) is 14.8. The van der Waals surface area contributed by atoms with Crippen molar-refractivity contribution in [2.45, 2.75) is 38.5 Å². The SMILES string of the molecule is CCc1cccc(CNCC(O)C(Cc2cc(F)cc(F)c2)NC(=O)c2c[nH]c3cc(Cl)ccc3c2=O)c1. The van der Waals surface area contributed by atoms with Crippen molar-refractivity contribution < 1.29 is 18.7 Å². The number of benzene rings is 3. The summed E-state index contributed by atoms with van der Waals surface area (Å²) < 4.78 is 27.7. The molecule has 0 aliphatic heterocycles. The van der Waals surface area contributed by atoms with Gasteiger partial charge in [0.25, 0.3) is 5.91 Å². The van der Waals surface area contributed by atoms with E-state index in [1.807, 2.05) is 18.2 Å². The van der Waals surface area contributed by atoms with Gasteiger partial charge in [-0.15, -0.1) is 0 Å². The molecule has 0 saturated carbocycles. The Bertz CT molecular complexity index is 1490. The lowest BCUT2D eigenvalue weighted by Crippen LogP contribution is -2.49. The molecule has 0 radical (unpaired) electrons. The minimum absolute atomic E-state index is 0.0598. The molecule has 9 heteroatoms. The molecule has 0 aliphatic rings. The van der Waals surface area contributed by atoms with E-state index in [9.17, 15) is 23.5 Å². The number of aliphatic hydroxyl groups is 1. The molecule has 198 valence electrons. The molecule has 4 aromatic rings. The van der Waals surface area contributed by atoms with Gasteiger partial charge in [0.2, 0.25) is 5.43 Å². The smallest absolute Gasteiger partial charge is 0.257 e. The van der Waals surface area contributed by atoms with E-state index in [0.717, 1.165) is 30.2 Å². The highest BCUT2D eigenvalue weighted by atomic mass is 35.5. The number of H-pyrrole nitrogens is 1. The number of carbonyl (C=O) groups excluding carboxylic acids is 1. The molecule has 2 unspecified atom stereocenters. The predicted octanol–water partition coefficient (Wildman–Crippen LogP) is 4.51. The molecule has 6 nitrogen and oxygen atoms in total. The molecule has 2 atom stereocenters. The fourth-order valence-electron chi connectivity index (χ4n) is 4.34. The van der Waals surface area contributed by atoms with Crippen molar-refractivity contribution in [2.24, 2.45) is 0 Å². The maximum absolute atomic E-state index is 13.8. The Labute approximate surface area is 223 Å². The number of rotatable bonds is 10. The van der Waals surface area contributed by atoms with Crippen molar-refractivity contribution in [1.29, 1.82) is 0 Å². The van der Waals surface area contributed by atoms with Crippen LogP contribution in [0.25, 0.3) is 10.9 Å². The maximum atomic E-state index is 13.8. The molecular weight excluding hydrogens is 512 g/mol. The molecule has 1 aromatic heterocycles. The van der Waals surface area contributed by atoms with Crippen molar-refractivity contribution in [3.8, 4) is 0 Å². The number of nitrogens with one attached hydrogen (secondary N) is 3. The molecule has 4 rings (SSSR count). The van der Waals surface area contributed by atoms with E-state index >= 15 is 0 Å². The summed E-state index contributed by atoms with van der Waals surface area (Å²) in [6.45, 7) is 2.63. The van der Waals surface area contributed by atoms with Gasteiger partial charge in [0.1, 0.15) is 17.2 Å². The van der Waals surface area contributed by atoms with Crippen molar-refractivity contribution in [1.82, 2.24) is 15.6 Å². The van der Waals surface area contributed by atoms with Crippen molar-refractivity contribution in [3.63, 3.8) is 0 Å². The summed E-state index contributed by atoms with van der Waals surface area (Å²) in [4.78, 5) is 29.0. The zero-order valence-corrected chi connectivity index (χ0v) is 21.5. The minimum Gasteiger partial charge on any atom is -0.390 e. The summed E-state index contributed by atoms with van der Waals surface area (Å²) in [5, 5.41) is 17.6. The summed E-state index contributed by atoms with van der Waals surface area (Å²) in [6.07, 6.45) is 0.990. The van der Waals surface area contributed by atoms with Crippen LogP contribution in [0.3, 0.4) is 0 Å². The van der Waals surface area contributed by atoms with Gasteiger partial charge in [-0.05, 0) is 59.9 Å². The van der Waals surface area contributed by atoms with E-state index in [1.165, 1.54) is 17.8 Å². The topological polar surface area (TPSA) is 94.2 Å². The second kappa shape index (κ2) is 12.3. The highest BCUT2D eigenvalue weighted by molar-refractivity contribution is 6.31. The van der Waals surface area contributed by atoms with E-state index in [1.54, 1.807) is 12.1 Å². The average molecular weight is 540 g/mol. The third kappa shape index (κ3) is 6.83. The van der Waals surface area contributed by atoms with Crippen molar-refractivity contribution in [3.05, 3.63) is 116 Å². The largest absolute Gasteiger partial charge is 0.390 e. The average Bonchev–Trinajstić information content (AvgIpc) is 2.87. The molecule has 0 saturated heterocycles. The van der Waals surface area contributed by atoms with Gasteiger partial charge in [-0.2, -0.15) is 0 Å².